The molecule has 0 radical (unpaired) electrons. The lowest BCUT2D eigenvalue weighted by atomic mass is 9.75. The second-order valence-corrected chi connectivity index (χ2v) is 8.98. The molecule has 1 heterocycles. The minimum Gasteiger partial charge on any atom is -0.493 e. The van der Waals surface area contributed by atoms with Crippen LogP contribution >= 0.6 is 0 Å². The second-order valence-electron chi connectivity index (χ2n) is 8.98. The number of rotatable bonds is 11. The molecule has 0 saturated heterocycles. The number of benzene rings is 2. The number of nitrogens with one attached hydrogen (secondary N) is 1. The highest BCUT2D eigenvalue weighted by Gasteiger charge is 2.28. The molecule has 2 aromatic rings. The normalized spacial score (nSPS) is 16.8. The molecule has 0 fully saturated rings. The molecule has 0 bridgehead atoms. The maximum Gasteiger partial charge on any atom is 0.227 e. The number of ether oxygens (including phenoxy) is 4. The molecule has 7 nitrogen and oxygen atoms in total. The minimum atomic E-state index is 0.182. The summed E-state index contributed by atoms with van der Waals surface area (Å²) in [4.78, 5) is 14.8. The molecule has 1 N–H and O–H groups in total. The standard InChI is InChI=1S/C27H36N2O5/c1-31-23-13-18-7-11-29(27(30)16-20(18)14-24(23)32-2)10-5-8-28-9-6-19-12-21-15-25(33-3)26(34-4)17-22(19)21/h13-15,17,19,28H,5-12,16H2,1-4H3/t19-/m1/s1. The van der Waals surface area contributed by atoms with E-state index < -0.39 is 0 Å². The lowest BCUT2D eigenvalue weighted by molar-refractivity contribution is -0.130. The Bertz CT molecular complexity index is 1020. The average molecular weight is 469 g/mol. The van der Waals surface area contributed by atoms with Crippen molar-refractivity contribution >= 4 is 5.91 Å². The van der Waals surface area contributed by atoms with Gasteiger partial charge in [-0.25, -0.2) is 0 Å². The van der Waals surface area contributed by atoms with Gasteiger partial charge in [0, 0.05) is 13.1 Å². The molecular formula is C27H36N2O5. The summed E-state index contributed by atoms with van der Waals surface area (Å²) in [5, 5.41) is 3.56. The van der Waals surface area contributed by atoms with E-state index in [2.05, 4.69) is 17.4 Å². The lowest BCUT2D eigenvalue weighted by Gasteiger charge is -2.31. The van der Waals surface area contributed by atoms with E-state index in [0.29, 0.717) is 18.1 Å². The van der Waals surface area contributed by atoms with Crippen molar-refractivity contribution in [3.8, 4) is 23.0 Å². The van der Waals surface area contributed by atoms with Crippen molar-refractivity contribution in [1.29, 1.82) is 0 Å². The van der Waals surface area contributed by atoms with Gasteiger partial charge in [-0.15, -0.1) is 0 Å². The fraction of sp³-hybridized carbons (Fsp3) is 0.519. The molecule has 0 unspecified atom stereocenters. The summed E-state index contributed by atoms with van der Waals surface area (Å²) in [5.41, 5.74) is 4.95. The number of fused-ring (bicyclic) bond motifs is 2. The molecule has 1 atom stereocenters. The first kappa shape index (κ1) is 24.2. The molecule has 1 aliphatic heterocycles. The summed E-state index contributed by atoms with van der Waals surface area (Å²) in [6, 6.07) is 8.18. The average Bonchev–Trinajstić information content (AvgIpc) is 2.99. The van der Waals surface area contributed by atoms with Crippen LogP contribution in [-0.2, 0) is 24.1 Å². The second kappa shape index (κ2) is 11.0. The first-order valence-corrected chi connectivity index (χ1v) is 12.0. The zero-order valence-corrected chi connectivity index (χ0v) is 20.7. The van der Waals surface area contributed by atoms with Crippen LogP contribution in [0.1, 0.15) is 41.0 Å². The third kappa shape index (κ3) is 5.09. The highest BCUT2D eigenvalue weighted by atomic mass is 16.5. The van der Waals surface area contributed by atoms with E-state index in [-0.39, 0.29) is 5.91 Å². The fourth-order valence-electron chi connectivity index (χ4n) is 5.04. The molecule has 34 heavy (non-hydrogen) atoms. The largest absolute Gasteiger partial charge is 0.493 e. The van der Waals surface area contributed by atoms with Crippen LogP contribution in [-0.4, -0.2) is 65.4 Å². The zero-order valence-electron chi connectivity index (χ0n) is 20.7. The van der Waals surface area contributed by atoms with Crippen LogP contribution in [0.4, 0.5) is 0 Å². The monoisotopic (exact) mass is 468 g/mol. The van der Waals surface area contributed by atoms with E-state index >= 15 is 0 Å². The van der Waals surface area contributed by atoms with Crippen LogP contribution in [0.5, 0.6) is 23.0 Å². The summed E-state index contributed by atoms with van der Waals surface area (Å²) in [6.45, 7) is 3.39. The van der Waals surface area contributed by atoms with Crippen molar-refractivity contribution in [3.05, 3.63) is 46.5 Å². The van der Waals surface area contributed by atoms with Crippen molar-refractivity contribution in [2.45, 2.75) is 38.0 Å². The smallest absolute Gasteiger partial charge is 0.227 e. The van der Waals surface area contributed by atoms with Gasteiger partial charge in [0.25, 0.3) is 0 Å². The van der Waals surface area contributed by atoms with Gasteiger partial charge in [-0.3, -0.25) is 4.79 Å². The predicted octanol–water partition coefficient (Wildman–Crippen LogP) is 3.36. The molecule has 0 spiro atoms. The maximum absolute atomic E-state index is 12.8. The molecule has 184 valence electrons. The Kier molecular flexibility index (Phi) is 7.83. The van der Waals surface area contributed by atoms with Crippen molar-refractivity contribution in [2.75, 3.05) is 54.6 Å². The van der Waals surface area contributed by atoms with E-state index in [1.807, 2.05) is 17.0 Å². The number of hydrogen-bond acceptors (Lipinski definition) is 6. The van der Waals surface area contributed by atoms with Crippen molar-refractivity contribution in [3.63, 3.8) is 0 Å². The quantitative estimate of drug-likeness (QED) is 0.510. The topological polar surface area (TPSA) is 69.3 Å². The van der Waals surface area contributed by atoms with E-state index in [1.165, 1.54) is 16.7 Å². The number of nitrogens with zero attached hydrogens (tertiary/aromatic N) is 1. The van der Waals surface area contributed by atoms with E-state index in [1.54, 1.807) is 28.4 Å². The maximum atomic E-state index is 12.8. The van der Waals surface area contributed by atoms with Gasteiger partial charge in [-0.05, 0) is 91.2 Å². The highest BCUT2D eigenvalue weighted by molar-refractivity contribution is 5.80. The zero-order chi connectivity index (χ0) is 24.1. The highest BCUT2D eigenvalue weighted by Crippen LogP contribution is 2.43. The Labute approximate surface area is 202 Å². The van der Waals surface area contributed by atoms with Gasteiger partial charge in [0.05, 0.1) is 34.9 Å². The summed E-state index contributed by atoms with van der Waals surface area (Å²) >= 11 is 0. The molecule has 1 aliphatic carbocycles. The lowest BCUT2D eigenvalue weighted by Crippen LogP contribution is -2.34. The summed E-state index contributed by atoms with van der Waals surface area (Å²) < 4.78 is 21.7. The van der Waals surface area contributed by atoms with E-state index in [4.69, 9.17) is 18.9 Å². The van der Waals surface area contributed by atoms with Crippen molar-refractivity contribution in [1.82, 2.24) is 10.2 Å². The van der Waals surface area contributed by atoms with Crippen LogP contribution in [0.2, 0.25) is 0 Å². The summed E-state index contributed by atoms with van der Waals surface area (Å²) in [5.74, 6) is 3.77. The summed E-state index contributed by atoms with van der Waals surface area (Å²) in [7, 11) is 6.63. The molecule has 2 aromatic carbocycles. The molecule has 2 aliphatic rings. The van der Waals surface area contributed by atoms with Gasteiger partial charge < -0.3 is 29.2 Å². The third-order valence-electron chi connectivity index (χ3n) is 7.05. The van der Waals surface area contributed by atoms with Gasteiger partial charge in [-0.2, -0.15) is 0 Å². The van der Waals surface area contributed by atoms with Crippen LogP contribution in [0.3, 0.4) is 0 Å². The van der Waals surface area contributed by atoms with Gasteiger partial charge in [0.1, 0.15) is 0 Å². The molecule has 0 saturated carbocycles. The molecular weight excluding hydrogens is 432 g/mol. The van der Waals surface area contributed by atoms with Gasteiger partial charge in [0.2, 0.25) is 5.91 Å². The number of hydrogen-bond donors (Lipinski definition) is 1. The molecule has 7 heteroatoms. The Hall–Kier alpha value is -2.93. The number of carbonyl (C=O) groups excluding carboxylic acids is 1. The number of carbonyl (C=O) groups is 1. The Morgan fingerprint density at radius 1 is 0.853 bits per heavy atom. The first-order chi connectivity index (χ1) is 16.6. The predicted molar refractivity (Wildman–Crippen MR) is 132 cm³/mol. The van der Waals surface area contributed by atoms with Gasteiger partial charge in [-0.1, -0.05) is 0 Å². The Balaban J connectivity index is 1.19. The third-order valence-corrected chi connectivity index (χ3v) is 7.05. The van der Waals surface area contributed by atoms with Crippen molar-refractivity contribution in [2.24, 2.45) is 0 Å². The minimum absolute atomic E-state index is 0.182. The summed E-state index contributed by atoms with van der Waals surface area (Å²) in [6.07, 6.45) is 4.39. The Morgan fingerprint density at radius 2 is 1.47 bits per heavy atom. The number of methoxy groups -OCH3 is 4. The Morgan fingerprint density at radius 3 is 2.15 bits per heavy atom. The van der Waals surface area contributed by atoms with Gasteiger partial charge in [0.15, 0.2) is 23.0 Å². The van der Waals surface area contributed by atoms with Crippen LogP contribution < -0.4 is 24.3 Å². The number of amides is 1. The van der Waals surface area contributed by atoms with Gasteiger partial charge >= 0.3 is 0 Å². The van der Waals surface area contributed by atoms with Crippen LogP contribution in [0.25, 0.3) is 0 Å². The molecule has 4 rings (SSSR count). The van der Waals surface area contributed by atoms with Crippen molar-refractivity contribution < 1.29 is 23.7 Å². The van der Waals surface area contributed by atoms with E-state index in [9.17, 15) is 4.79 Å². The fourth-order valence-corrected chi connectivity index (χ4v) is 5.04. The SMILES string of the molecule is COc1cc2c(cc1OC)CC(=O)N(CCCNCC[C@@H]1Cc3cc(OC)c(OC)cc31)CC2. The van der Waals surface area contributed by atoms with E-state index in [0.717, 1.165) is 74.7 Å². The van der Waals surface area contributed by atoms with Crippen LogP contribution in [0, 0.1) is 0 Å². The molecule has 0 aromatic heterocycles. The first-order valence-electron chi connectivity index (χ1n) is 12.0. The van der Waals surface area contributed by atoms with Crippen LogP contribution in [0.15, 0.2) is 24.3 Å². The molecule has 1 amide bonds.